The Balaban J connectivity index is 2.07. The van der Waals surface area contributed by atoms with Crippen LogP contribution in [0.5, 0.6) is 0 Å². The Kier molecular flexibility index (Phi) is 4.40. The minimum Gasteiger partial charge on any atom is -0.282 e. The van der Waals surface area contributed by atoms with Crippen molar-refractivity contribution < 1.29 is 17.5 Å². The van der Waals surface area contributed by atoms with Crippen LogP contribution >= 0.6 is 11.3 Å². The van der Waals surface area contributed by atoms with Gasteiger partial charge in [0.1, 0.15) is 6.54 Å². The van der Waals surface area contributed by atoms with Crippen LogP contribution in [0.25, 0.3) is 0 Å². The third kappa shape index (κ3) is 2.83. The fourth-order valence-corrected chi connectivity index (χ4v) is 4.79. The van der Waals surface area contributed by atoms with Gasteiger partial charge >= 0.3 is 0 Å². The molecule has 0 saturated carbocycles. The summed E-state index contributed by atoms with van der Waals surface area (Å²) in [4.78, 5) is 1.29. The van der Waals surface area contributed by atoms with Crippen molar-refractivity contribution in [1.29, 1.82) is 0 Å². The van der Waals surface area contributed by atoms with E-state index in [4.69, 9.17) is 0 Å². The maximum Gasteiger partial charge on any atom is 0.294 e. The third-order valence-electron chi connectivity index (χ3n) is 5.12. The van der Waals surface area contributed by atoms with Crippen LogP contribution in [0, 0.1) is 0 Å². The second-order valence-electron chi connectivity index (χ2n) is 6.40. The first-order chi connectivity index (χ1) is 11.3. The van der Waals surface area contributed by atoms with Crippen LogP contribution in [-0.4, -0.2) is 29.8 Å². The zero-order valence-corrected chi connectivity index (χ0v) is 15.7. The molecule has 4 nitrogen and oxygen atoms in total. The summed E-state index contributed by atoms with van der Waals surface area (Å²) in [6.45, 7) is 7.21. The molecule has 0 aliphatic carbocycles. The van der Waals surface area contributed by atoms with E-state index in [1.807, 2.05) is 6.07 Å². The molecule has 0 spiro atoms. The van der Waals surface area contributed by atoms with Crippen LogP contribution in [0.4, 0.5) is 5.69 Å². The highest BCUT2D eigenvalue weighted by Crippen LogP contribution is 2.43. The number of fused-ring (bicyclic) bond motifs is 1. The van der Waals surface area contributed by atoms with Crippen molar-refractivity contribution in [2.45, 2.75) is 43.9 Å². The average Bonchev–Trinajstić information content (AvgIpc) is 3.11. The molecule has 1 N–H and O–H groups in total. The van der Waals surface area contributed by atoms with Crippen LogP contribution in [0.1, 0.15) is 37.6 Å². The van der Waals surface area contributed by atoms with Crippen LogP contribution < -0.4 is 0 Å². The number of hydrogen-bond donors (Lipinski definition) is 1. The molecule has 128 valence electrons. The highest BCUT2D eigenvalue weighted by molar-refractivity contribution is 7.85. The van der Waals surface area contributed by atoms with Crippen molar-refractivity contribution in [3.63, 3.8) is 0 Å². The second kappa shape index (κ2) is 6.10. The van der Waals surface area contributed by atoms with Gasteiger partial charge in [0, 0.05) is 23.4 Å². The van der Waals surface area contributed by atoms with Crippen molar-refractivity contribution in [2.24, 2.45) is 0 Å². The van der Waals surface area contributed by atoms with Gasteiger partial charge < -0.3 is 0 Å². The maximum absolute atomic E-state index is 11.6. The molecule has 1 aromatic heterocycles. The minimum absolute atomic E-state index is 0.0330. The number of aryl methyl sites for hydroxylation is 1. The van der Waals surface area contributed by atoms with E-state index >= 15 is 0 Å². The summed E-state index contributed by atoms with van der Waals surface area (Å²) in [6, 6.07) is 9.11. The summed E-state index contributed by atoms with van der Waals surface area (Å²) in [5, 5.41) is 2.08. The van der Waals surface area contributed by atoms with Crippen molar-refractivity contribution in [1.82, 2.24) is 0 Å². The Hall–Kier alpha value is -1.50. The Labute approximate surface area is 147 Å². The third-order valence-corrected chi connectivity index (χ3v) is 6.91. The quantitative estimate of drug-likeness (QED) is 0.644. The summed E-state index contributed by atoms with van der Waals surface area (Å²) in [5.41, 5.74) is 3.00. The van der Waals surface area contributed by atoms with Gasteiger partial charge in [0.25, 0.3) is 10.1 Å². The molecule has 0 fully saturated rings. The number of rotatable bonds is 5. The highest BCUT2D eigenvalue weighted by atomic mass is 32.2. The molecule has 24 heavy (non-hydrogen) atoms. The van der Waals surface area contributed by atoms with Gasteiger partial charge in [-0.1, -0.05) is 6.07 Å². The monoisotopic (exact) mass is 364 g/mol. The van der Waals surface area contributed by atoms with Gasteiger partial charge in [-0.05, 0) is 50.3 Å². The van der Waals surface area contributed by atoms with E-state index in [-0.39, 0.29) is 10.3 Å². The lowest BCUT2D eigenvalue weighted by atomic mass is 9.76. The number of nitrogens with zero attached hydrogens (tertiary/aromatic N) is 1. The summed E-state index contributed by atoms with van der Waals surface area (Å²) >= 11 is 1.74. The Morgan fingerprint density at radius 2 is 2.04 bits per heavy atom. The van der Waals surface area contributed by atoms with Crippen LogP contribution in [-0.2, 0) is 22.0 Å². The average molecular weight is 365 g/mol. The molecule has 1 aliphatic rings. The molecule has 0 saturated heterocycles. The Bertz CT molecular complexity index is 898. The van der Waals surface area contributed by atoms with Gasteiger partial charge in [0.2, 0.25) is 5.69 Å². The maximum atomic E-state index is 11.6. The topological polar surface area (TPSA) is 57.4 Å². The summed E-state index contributed by atoms with van der Waals surface area (Å²) in [5.74, 6) is 0. The molecule has 0 amide bonds. The lowest BCUT2D eigenvalue weighted by Crippen LogP contribution is -2.31. The normalized spacial score (nSPS) is 20.5. The molecule has 3 rings (SSSR count). The first kappa shape index (κ1) is 17.3. The predicted octanol–water partition coefficient (Wildman–Crippen LogP) is 4.02. The van der Waals surface area contributed by atoms with Crippen molar-refractivity contribution in [3.8, 4) is 0 Å². The van der Waals surface area contributed by atoms with E-state index in [1.165, 1.54) is 16.7 Å². The van der Waals surface area contributed by atoms with Crippen LogP contribution in [0.3, 0.4) is 0 Å². The van der Waals surface area contributed by atoms with Gasteiger partial charge in [-0.3, -0.25) is 4.55 Å². The van der Waals surface area contributed by atoms with E-state index in [0.29, 0.717) is 0 Å². The molecular weight excluding hydrogens is 342 g/mol. The molecule has 0 radical (unpaired) electrons. The van der Waals surface area contributed by atoms with E-state index in [2.05, 4.69) is 42.9 Å². The number of thiophene rings is 1. The van der Waals surface area contributed by atoms with Crippen molar-refractivity contribution in [2.75, 3.05) is 6.54 Å². The zero-order valence-electron chi connectivity index (χ0n) is 14.1. The SMILES string of the molecule is CC[N+]1=C(C)C(C)(CCc2cccs2)c2cc(S(=O)(=O)O)ccc21. The molecule has 2 heterocycles. The number of hydrogen-bond acceptors (Lipinski definition) is 3. The van der Waals surface area contributed by atoms with E-state index in [1.54, 1.807) is 17.4 Å². The molecule has 1 atom stereocenters. The molecule has 2 aromatic rings. The van der Waals surface area contributed by atoms with Crippen molar-refractivity contribution >= 4 is 32.9 Å². The molecule has 0 bridgehead atoms. The van der Waals surface area contributed by atoms with E-state index in [9.17, 15) is 13.0 Å². The van der Waals surface area contributed by atoms with Gasteiger partial charge in [-0.15, -0.1) is 11.3 Å². The zero-order chi connectivity index (χ0) is 17.5. The lowest BCUT2D eigenvalue weighted by molar-refractivity contribution is -0.434. The minimum atomic E-state index is -4.20. The van der Waals surface area contributed by atoms with Gasteiger partial charge in [-0.25, -0.2) is 0 Å². The fraction of sp³-hybridized carbons (Fsp3) is 0.389. The Morgan fingerprint density at radius 3 is 2.62 bits per heavy atom. The predicted molar refractivity (Wildman–Crippen MR) is 97.4 cm³/mol. The summed E-state index contributed by atoms with van der Waals surface area (Å²) in [6.07, 6.45) is 1.84. The lowest BCUT2D eigenvalue weighted by Gasteiger charge is -2.22. The smallest absolute Gasteiger partial charge is 0.282 e. The molecule has 1 aromatic carbocycles. The van der Waals surface area contributed by atoms with Crippen LogP contribution in [0.2, 0.25) is 0 Å². The van der Waals surface area contributed by atoms with E-state index in [0.717, 1.165) is 30.6 Å². The van der Waals surface area contributed by atoms with Crippen molar-refractivity contribution in [3.05, 3.63) is 46.2 Å². The van der Waals surface area contributed by atoms with Crippen LogP contribution in [0.15, 0.2) is 40.6 Å². The summed E-state index contributed by atoms with van der Waals surface area (Å²) in [7, 11) is -4.20. The molecular formula is C18H22NO3S2+. The second-order valence-corrected chi connectivity index (χ2v) is 8.85. The molecule has 1 aliphatic heterocycles. The molecule has 1 unspecified atom stereocenters. The first-order valence-electron chi connectivity index (χ1n) is 8.03. The van der Waals surface area contributed by atoms with Gasteiger partial charge in [0.05, 0.1) is 10.3 Å². The first-order valence-corrected chi connectivity index (χ1v) is 10.4. The van der Waals surface area contributed by atoms with Gasteiger partial charge in [0.15, 0.2) is 5.71 Å². The fourth-order valence-electron chi connectivity index (χ4n) is 3.58. The molecule has 6 heteroatoms. The highest BCUT2D eigenvalue weighted by Gasteiger charge is 2.46. The Morgan fingerprint density at radius 1 is 1.29 bits per heavy atom. The van der Waals surface area contributed by atoms with E-state index < -0.39 is 10.1 Å². The largest absolute Gasteiger partial charge is 0.294 e. The summed E-state index contributed by atoms with van der Waals surface area (Å²) < 4.78 is 34.8. The van der Waals surface area contributed by atoms with Gasteiger partial charge in [-0.2, -0.15) is 13.0 Å². The standard InChI is InChI=1S/C18H21NO3S2/c1-4-19-13(2)18(3,10-9-14-6-5-11-23-14)16-12-15(24(20,21)22)7-8-17(16)19/h5-8,11-12H,4,9-10H2,1-3H3/p+1. The number of benzene rings is 1.